The van der Waals surface area contributed by atoms with Crippen LogP contribution in [0.2, 0.25) is 0 Å². The van der Waals surface area contributed by atoms with Crippen molar-refractivity contribution in [2.75, 3.05) is 38.3 Å². The highest BCUT2D eigenvalue weighted by Crippen LogP contribution is 2.27. The maximum absolute atomic E-state index is 12.6. The normalized spacial score (nSPS) is 16.5. The van der Waals surface area contributed by atoms with Crippen molar-refractivity contribution in [3.63, 3.8) is 0 Å². The van der Waals surface area contributed by atoms with Crippen LogP contribution in [0.25, 0.3) is 0 Å². The number of nitrogens with one attached hydrogen (secondary N) is 1. The summed E-state index contributed by atoms with van der Waals surface area (Å²) in [4.78, 5) is 36.8. The van der Waals surface area contributed by atoms with Crippen LogP contribution >= 0.6 is 11.8 Å². The zero-order chi connectivity index (χ0) is 19.2. The van der Waals surface area contributed by atoms with Crippen molar-refractivity contribution in [2.45, 2.75) is 11.6 Å². The third-order valence-corrected chi connectivity index (χ3v) is 5.00. The minimum atomic E-state index is -0.866. The first-order valence-electron chi connectivity index (χ1n) is 8.05. The Morgan fingerprint density at radius 3 is 2.50 bits per heavy atom. The molecule has 2 rings (SSSR count). The van der Waals surface area contributed by atoms with Crippen molar-refractivity contribution in [2.24, 2.45) is 5.73 Å². The van der Waals surface area contributed by atoms with Crippen LogP contribution in [0.3, 0.4) is 0 Å². The molecule has 26 heavy (non-hydrogen) atoms. The fourth-order valence-electron chi connectivity index (χ4n) is 2.81. The number of methoxy groups -OCH3 is 1. The maximum Gasteiger partial charge on any atom is 0.256 e. The summed E-state index contributed by atoms with van der Waals surface area (Å²) in [5, 5.41) is 12.4. The molecule has 0 aromatic heterocycles. The summed E-state index contributed by atoms with van der Waals surface area (Å²) >= 11 is 1.10. The molecular weight excluding hydrogens is 358 g/mol. The first kappa shape index (κ1) is 20.2. The molecule has 1 aromatic carbocycles. The summed E-state index contributed by atoms with van der Waals surface area (Å²) in [6.45, 7) is 0.106. The molecule has 1 heterocycles. The van der Waals surface area contributed by atoms with Crippen LogP contribution in [0, 0.1) is 0 Å². The molecule has 0 spiro atoms. The molecular formula is C17H23N3O5S. The number of ether oxygens (including phenoxy) is 1. The van der Waals surface area contributed by atoms with Crippen molar-refractivity contribution in [3.05, 3.63) is 35.9 Å². The summed E-state index contributed by atoms with van der Waals surface area (Å²) in [5.41, 5.74) is 4.90. The van der Waals surface area contributed by atoms with E-state index < -0.39 is 17.6 Å². The second-order valence-electron chi connectivity index (χ2n) is 6.17. The van der Waals surface area contributed by atoms with Crippen molar-refractivity contribution in [3.8, 4) is 0 Å². The van der Waals surface area contributed by atoms with Crippen LogP contribution in [0.15, 0.2) is 30.3 Å². The number of aliphatic hydroxyl groups excluding tert-OH is 1. The Kier molecular flexibility index (Phi) is 7.01. The predicted molar refractivity (Wildman–Crippen MR) is 97.3 cm³/mol. The lowest BCUT2D eigenvalue weighted by Crippen LogP contribution is -2.73. The van der Waals surface area contributed by atoms with Gasteiger partial charge in [0.1, 0.15) is 0 Å². The number of hydrogen-bond acceptors (Lipinski definition) is 6. The lowest BCUT2D eigenvalue weighted by molar-refractivity contribution is -0.154. The number of likely N-dealkylation sites (tertiary alicyclic amines) is 1. The number of nitrogens with two attached hydrogens (primary N) is 1. The van der Waals surface area contributed by atoms with Gasteiger partial charge < -0.3 is 25.8 Å². The highest BCUT2D eigenvalue weighted by molar-refractivity contribution is 8.00. The van der Waals surface area contributed by atoms with E-state index in [0.29, 0.717) is 0 Å². The SMILES string of the molecule is CO[C@@H](C(=O)N1CC(CO)(NC(=O)CSCC(N)=O)C1)c1ccccc1. The van der Waals surface area contributed by atoms with Crippen LogP contribution in [0.5, 0.6) is 0 Å². The molecule has 3 amide bonds. The van der Waals surface area contributed by atoms with E-state index in [1.807, 2.05) is 30.3 Å². The number of carbonyl (C=O) groups excluding carboxylic acids is 3. The average molecular weight is 381 g/mol. The fourth-order valence-corrected chi connectivity index (χ4v) is 3.37. The summed E-state index contributed by atoms with van der Waals surface area (Å²) in [6.07, 6.45) is -0.727. The number of aliphatic hydroxyl groups is 1. The molecule has 1 fully saturated rings. The molecule has 0 saturated carbocycles. The van der Waals surface area contributed by atoms with Crippen molar-refractivity contribution < 1.29 is 24.2 Å². The molecule has 0 radical (unpaired) electrons. The van der Waals surface area contributed by atoms with E-state index in [-0.39, 0.29) is 43.0 Å². The Bertz CT molecular complexity index is 649. The van der Waals surface area contributed by atoms with E-state index in [1.54, 1.807) is 0 Å². The van der Waals surface area contributed by atoms with Gasteiger partial charge in [0, 0.05) is 20.2 Å². The van der Waals surface area contributed by atoms with Crippen LogP contribution in [-0.2, 0) is 19.1 Å². The van der Waals surface area contributed by atoms with Crippen molar-refractivity contribution in [1.29, 1.82) is 0 Å². The summed E-state index contributed by atoms with van der Waals surface area (Å²) in [7, 11) is 1.46. The van der Waals surface area contributed by atoms with Gasteiger partial charge in [0.2, 0.25) is 11.8 Å². The largest absolute Gasteiger partial charge is 0.394 e. The Hall–Kier alpha value is -2.10. The topological polar surface area (TPSA) is 122 Å². The molecule has 0 unspecified atom stereocenters. The number of nitrogens with zero attached hydrogens (tertiary/aromatic N) is 1. The van der Waals surface area contributed by atoms with Crippen LogP contribution in [0.1, 0.15) is 11.7 Å². The number of rotatable bonds is 9. The zero-order valence-corrected chi connectivity index (χ0v) is 15.3. The molecule has 0 aliphatic carbocycles. The molecule has 1 aliphatic heterocycles. The van der Waals surface area contributed by atoms with E-state index in [2.05, 4.69) is 5.32 Å². The minimum Gasteiger partial charge on any atom is -0.394 e. The Labute approximate surface area is 156 Å². The second-order valence-corrected chi connectivity index (χ2v) is 7.15. The third-order valence-electron chi connectivity index (χ3n) is 4.05. The van der Waals surface area contributed by atoms with Gasteiger partial charge in [-0.05, 0) is 5.56 Å². The first-order chi connectivity index (χ1) is 12.4. The monoisotopic (exact) mass is 381 g/mol. The fraction of sp³-hybridized carbons (Fsp3) is 0.471. The number of amides is 3. The van der Waals surface area contributed by atoms with Gasteiger partial charge >= 0.3 is 0 Å². The van der Waals surface area contributed by atoms with E-state index in [4.69, 9.17) is 10.5 Å². The third kappa shape index (κ3) is 4.96. The smallest absolute Gasteiger partial charge is 0.256 e. The molecule has 9 heteroatoms. The molecule has 1 atom stereocenters. The van der Waals surface area contributed by atoms with Gasteiger partial charge in [-0.3, -0.25) is 14.4 Å². The standard InChI is InChI=1S/C17H23N3O5S/c1-25-15(12-5-3-2-4-6-12)16(24)20-9-17(10-20,11-21)19-14(23)8-26-7-13(18)22/h2-6,15,21H,7-11H2,1H3,(H2,18,22)(H,19,23)/t15-/m1/s1. The summed E-state index contributed by atoms with van der Waals surface area (Å²) in [5.74, 6) is -0.921. The van der Waals surface area contributed by atoms with Gasteiger partial charge in [-0.25, -0.2) is 0 Å². The van der Waals surface area contributed by atoms with Crippen molar-refractivity contribution in [1.82, 2.24) is 10.2 Å². The lowest BCUT2D eigenvalue weighted by Gasteiger charge is -2.50. The molecule has 8 nitrogen and oxygen atoms in total. The Balaban J connectivity index is 1.90. The highest BCUT2D eigenvalue weighted by Gasteiger charge is 2.47. The molecule has 4 N–H and O–H groups in total. The van der Waals surface area contributed by atoms with Gasteiger partial charge in [-0.15, -0.1) is 11.8 Å². The van der Waals surface area contributed by atoms with E-state index >= 15 is 0 Å². The van der Waals surface area contributed by atoms with Gasteiger partial charge in [0.15, 0.2) is 6.10 Å². The Morgan fingerprint density at radius 1 is 1.31 bits per heavy atom. The van der Waals surface area contributed by atoms with Gasteiger partial charge in [-0.1, -0.05) is 30.3 Å². The molecule has 142 valence electrons. The molecule has 0 bridgehead atoms. The zero-order valence-electron chi connectivity index (χ0n) is 14.5. The molecule has 1 aliphatic rings. The van der Waals surface area contributed by atoms with Gasteiger partial charge in [0.05, 0.1) is 23.7 Å². The first-order valence-corrected chi connectivity index (χ1v) is 9.21. The number of primary amides is 1. The van der Waals surface area contributed by atoms with Crippen LogP contribution < -0.4 is 11.1 Å². The van der Waals surface area contributed by atoms with Gasteiger partial charge in [0.25, 0.3) is 5.91 Å². The second kappa shape index (κ2) is 9.02. The number of hydrogen-bond donors (Lipinski definition) is 3. The molecule has 1 saturated heterocycles. The number of carbonyl (C=O) groups is 3. The van der Waals surface area contributed by atoms with E-state index in [1.165, 1.54) is 12.0 Å². The number of thioether (sulfide) groups is 1. The van der Waals surface area contributed by atoms with E-state index in [0.717, 1.165) is 17.3 Å². The van der Waals surface area contributed by atoms with Gasteiger partial charge in [-0.2, -0.15) is 0 Å². The van der Waals surface area contributed by atoms with Crippen LogP contribution in [0.4, 0.5) is 0 Å². The highest BCUT2D eigenvalue weighted by atomic mass is 32.2. The van der Waals surface area contributed by atoms with E-state index in [9.17, 15) is 19.5 Å². The summed E-state index contributed by atoms with van der Waals surface area (Å²) < 4.78 is 5.33. The molecule has 1 aromatic rings. The minimum absolute atomic E-state index is 0.0523. The predicted octanol–water partition coefficient (Wildman–Crippen LogP) is -0.718. The number of benzene rings is 1. The lowest BCUT2D eigenvalue weighted by atomic mass is 9.89. The van der Waals surface area contributed by atoms with Crippen molar-refractivity contribution >= 4 is 29.5 Å². The van der Waals surface area contributed by atoms with Crippen LogP contribution in [-0.4, -0.2) is 71.6 Å². The maximum atomic E-state index is 12.6. The average Bonchev–Trinajstić information content (AvgIpc) is 2.59. The Morgan fingerprint density at radius 2 is 1.96 bits per heavy atom. The quantitative estimate of drug-likeness (QED) is 0.519. The summed E-state index contributed by atoms with van der Waals surface area (Å²) in [6, 6.07) is 9.12.